The maximum atomic E-state index is 12.9. The Kier molecular flexibility index (Phi) is 7.01. The van der Waals surface area contributed by atoms with Crippen molar-refractivity contribution in [1.29, 1.82) is 0 Å². The van der Waals surface area contributed by atoms with Crippen molar-refractivity contribution in [2.45, 2.75) is 32.7 Å². The number of hydrogen-bond acceptors (Lipinski definition) is 2. The summed E-state index contributed by atoms with van der Waals surface area (Å²) in [6.45, 7) is 4.57. The molecule has 1 rings (SSSR count). The van der Waals surface area contributed by atoms with Gasteiger partial charge in [-0.15, -0.1) is 0 Å². The average molecular weight is 282 g/mol. The number of halogens is 1. The maximum Gasteiger partial charge on any atom is 0.315 e. The van der Waals surface area contributed by atoms with Crippen molar-refractivity contribution >= 4 is 6.03 Å². The number of benzene rings is 1. The first-order valence-electron chi connectivity index (χ1n) is 6.92. The summed E-state index contributed by atoms with van der Waals surface area (Å²) < 4.78 is 12.9. The van der Waals surface area contributed by atoms with Crippen LogP contribution in [-0.4, -0.2) is 30.3 Å². The molecule has 0 aliphatic carbocycles. The summed E-state index contributed by atoms with van der Waals surface area (Å²) in [5.41, 5.74) is 0.987. The number of nitrogens with one attached hydrogen (secondary N) is 2. The molecule has 0 heterocycles. The minimum Gasteiger partial charge on any atom is -0.396 e. The topological polar surface area (TPSA) is 61.4 Å². The fourth-order valence-corrected chi connectivity index (χ4v) is 1.83. The second-order valence-electron chi connectivity index (χ2n) is 5.16. The van der Waals surface area contributed by atoms with Gasteiger partial charge in [0.05, 0.1) is 0 Å². The summed E-state index contributed by atoms with van der Waals surface area (Å²) in [5.74, 6) is 0.00759. The van der Waals surface area contributed by atoms with Crippen molar-refractivity contribution < 1.29 is 14.3 Å². The number of urea groups is 1. The first-order chi connectivity index (χ1) is 9.52. The van der Waals surface area contributed by atoms with E-state index < -0.39 is 0 Å². The largest absolute Gasteiger partial charge is 0.396 e. The highest BCUT2D eigenvalue weighted by Gasteiger charge is 2.16. The molecule has 0 bridgehead atoms. The van der Waals surface area contributed by atoms with Crippen LogP contribution in [0, 0.1) is 11.7 Å². The second-order valence-corrected chi connectivity index (χ2v) is 5.16. The fourth-order valence-electron chi connectivity index (χ4n) is 1.83. The number of rotatable bonds is 7. The lowest BCUT2D eigenvalue weighted by atomic mass is 9.96. The average Bonchev–Trinajstić information content (AvgIpc) is 2.40. The molecule has 0 radical (unpaired) electrons. The van der Waals surface area contributed by atoms with Gasteiger partial charge < -0.3 is 15.7 Å². The Morgan fingerprint density at radius 2 is 1.95 bits per heavy atom. The number of hydrogen-bond donors (Lipinski definition) is 3. The smallest absolute Gasteiger partial charge is 0.315 e. The van der Waals surface area contributed by atoms with Crippen LogP contribution in [0.5, 0.6) is 0 Å². The lowest BCUT2D eigenvalue weighted by Crippen LogP contribution is -2.45. The molecule has 1 aromatic rings. The molecule has 0 fully saturated rings. The number of aliphatic hydroxyl groups is 1. The van der Waals surface area contributed by atoms with Gasteiger partial charge in [-0.3, -0.25) is 0 Å². The first kappa shape index (κ1) is 16.4. The molecular formula is C15H23FN2O2. The summed E-state index contributed by atoms with van der Waals surface area (Å²) in [6, 6.07) is 6.06. The van der Waals surface area contributed by atoms with Crippen LogP contribution in [0.2, 0.25) is 0 Å². The van der Waals surface area contributed by atoms with Gasteiger partial charge in [0.15, 0.2) is 0 Å². The zero-order valence-corrected chi connectivity index (χ0v) is 12.0. The number of aliphatic hydroxyl groups excluding tert-OH is 1. The Hall–Kier alpha value is -1.62. The normalized spacial score (nSPS) is 12.2. The molecule has 5 heteroatoms. The highest BCUT2D eigenvalue weighted by molar-refractivity contribution is 5.74. The van der Waals surface area contributed by atoms with Crippen molar-refractivity contribution in [3.05, 3.63) is 35.6 Å². The van der Waals surface area contributed by atoms with Crippen LogP contribution in [-0.2, 0) is 6.42 Å². The molecule has 0 aliphatic rings. The Labute approximate surface area is 119 Å². The van der Waals surface area contributed by atoms with Gasteiger partial charge in [0.1, 0.15) is 5.82 Å². The van der Waals surface area contributed by atoms with Crippen LogP contribution in [0.15, 0.2) is 24.3 Å². The van der Waals surface area contributed by atoms with E-state index in [0.717, 1.165) is 5.56 Å². The summed E-state index contributed by atoms with van der Waals surface area (Å²) in [5, 5.41) is 14.3. The molecule has 1 aromatic carbocycles. The van der Waals surface area contributed by atoms with E-state index in [-0.39, 0.29) is 30.4 Å². The molecule has 0 aromatic heterocycles. The van der Waals surface area contributed by atoms with Gasteiger partial charge in [0, 0.05) is 19.2 Å². The highest BCUT2D eigenvalue weighted by atomic mass is 19.1. The quantitative estimate of drug-likeness (QED) is 0.670. The third kappa shape index (κ3) is 6.02. The van der Waals surface area contributed by atoms with E-state index in [0.29, 0.717) is 19.4 Å². The van der Waals surface area contributed by atoms with Gasteiger partial charge in [-0.2, -0.15) is 0 Å². The minimum atomic E-state index is -0.260. The summed E-state index contributed by atoms with van der Waals surface area (Å²) in [7, 11) is 0. The van der Waals surface area contributed by atoms with Crippen molar-refractivity contribution in [2.75, 3.05) is 13.2 Å². The third-order valence-corrected chi connectivity index (χ3v) is 3.11. The van der Waals surface area contributed by atoms with Crippen LogP contribution in [0.4, 0.5) is 9.18 Å². The van der Waals surface area contributed by atoms with Crippen molar-refractivity contribution in [2.24, 2.45) is 5.92 Å². The summed E-state index contributed by atoms with van der Waals surface area (Å²) in [6.07, 6.45) is 1.20. The Bertz CT molecular complexity index is 407. The molecule has 1 atom stereocenters. The van der Waals surface area contributed by atoms with Crippen LogP contribution in [0.3, 0.4) is 0 Å². The van der Waals surface area contributed by atoms with E-state index in [4.69, 9.17) is 5.11 Å². The van der Waals surface area contributed by atoms with Crippen LogP contribution in [0.25, 0.3) is 0 Å². The van der Waals surface area contributed by atoms with Crippen molar-refractivity contribution in [1.82, 2.24) is 10.6 Å². The van der Waals surface area contributed by atoms with E-state index >= 15 is 0 Å². The molecule has 0 saturated heterocycles. The van der Waals surface area contributed by atoms with Crippen LogP contribution in [0.1, 0.15) is 25.8 Å². The van der Waals surface area contributed by atoms with Gasteiger partial charge in [0.25, 0.3) is 0 Å². The third-order valence-electron chi connectivity index (χ3n) is 3.11. The Morgan fingerprint density at radius 3 is 2.50 bits per heavy atom. The van der Waals surface area contributed by atoms with E-state index in [1.54, 1.807) is 12.1 Å². The molecule has 0 spiro atoms. The van der Waals surface area contributed by atoms with Gasteiger partial charge in [-0.1, -0.05) is 26.0 Å². The zero-order valence-electron chi connectivity index (χ0n) is 12.0. The fraction of sp³-hybridized carbons (Fsp3) is 0.533. The molecule has 0 aliphatic heterocycles. The zero-order chi connectivity index (χ0) is 15.0. The van der Waals surface area contributed by atoms with Gasteiger partial charge in [0.2, 0.25) is 0 Å². The summed E-state index contributed by atoms with van der Waals surface area (Å²) in [4.78, 5) is 11.7. The van der Waals surface area contributed by atoms with Crippen molar-refractivity contribution in [3.8, 4) is 0 Å². The van der Waals surface area contributed by atoms with E-state index in [1.807, 2.05) is 13.8 Å². The van der Waals surface area contributed by atoms with Gasteiger partial charge >= 0.3 is 6.03 Å². The van der Waals surface area contributed by atoms with Gasteiger partial charge in [-0.05, 0) is 36.5 Å². The minimum absolute atomic E-state index is 0.0189. The molecule has 3 N–H and O–H groups in total. The second kappa shape index (κ2) is 8.53. The van der Waals surface area contributed by atoms with E-state index in [2.05, 4.69) is 10.6 Å². The van der Waals surface area contributed by atoms with Crippen LogP contribution >= 0.6 is 0 Å². The van der Waals surface area contributed by atoms with Crippen molar-refractivity contribution in [3.63, 3.8) is 0 Å². The lowest BCUT2D eigenvalue weighted by Gasteiger charge is -2.22. The number of carbonyl (C=O) groups excluding carboxylic acids is 1. The maximum absolute atomic E-state index is 12.9. The van der Waals surface area contributed by atoms with E-state index in [9.17, 15) is 9.18 Å². The number of carbonyl (C=O) groups is 1. The molecule has 20 heavy (non-hydrogen) atoms. The van der Waals surface area contributed by atoms with Gasteiger partial charge in [-0.25, -0.2) is 9.18 Å². The SMILES string of the molecule is CC(C)C(Cc1ccc(F)cc1)NC(=O)NCCCO. The van der Waals surface area contributed by atoms with E-state index in [1.165, 1.54) is 12.1 Å². The molecule has 0 saturated carbocycles. The Morgan fingerprint density at radius 1 is 1.30 bits per heavy atom. The first-order valence-corrected chi connectivity index (χ1v) is 6.92. The number of amides is 2. The molecule has 112 valence electrons. The lowest BCUT2D eigenvalue weighted by molar-refractivity contribution is 0.230. The predicted molar refractivity (Wildman–Crippen MR) is 77.0 cm³/mol. The van der Waals surface area contributed by atoms with Crippen LogP contribution < -0.4 is 10.6 Å². The monoisotopic (exact) mass is 282 g/mol. The molecule has 2 amide bonds. The highest BCUT2D eigenvalue weighted by Crippen LogP contribution is 2.11. The Balaban J connectivity index is 2.52. The standard InChI is InChI=1S/C15H23FN2O2/c1-11(2)14(18-15(20)17-8-3-9-19)10-12-4-6-13(16)7-5-12/h4-7,11,14,19H,3,8-10H2,1-2H3,(H2,17,18,20). The predicted octanol–water partition coefficient (Wildman–Crippen LogP) is 2.07. The molecule has 4 nitrogen and oxygen atoms in total. The summed E-state index contributed by atoms with van der Waals surface area (Å²) >= 11 is 0. The molecule has 1 unspecified atom stereocenters. The molecular weight excluding hydrogens is 259 g/mol.